The molecule has 0 aliphatic carbocycles. The summed E-state index contributed by atoms with van der Waals surface area (Å²) < 4.78 is 0. The van der Waals surface area contributed by atoms with Gasteiger partial charge < -0.3 is 14.9 Å². The molecule has 5 nitrogen and oxygen atoms in total. The summed E-state index contributed by atoms with van der Waals surface area (Å²) in [6.45, 7) is 1.04. The van der Waals surface area contributed by atoms with E-state index in [9.17, 15) is 9.59 Å². The molecule has 5 heteroatoms. The second-order valence-corrected chi connectivity index (χ2v) is 4.60. The first-order valence-electron chi connectivity index (χ1n) is 5.81. The molecule has 0 unspecified atom stereocenters. The zero-order chi connectivity index (χ0) is 13.3. The van der Waals surface area contributed by atoms with Crippen molar-refractivity contribution >= 4 is 12.0 Å². The lowest BCUT2D eigenvalue weighted by Crippen LogP contribution is -2.42. The summed E-state index contributed by atoms with van der Waals surface area (Å²) >= 11 is 0. The maximum atomic E-state index is 11.9. The van der Waals surface area contributed by atoms with Crippen LogP contribution in [0, 0.1) is 0 Å². The van der Waals surface area contributed by atoms with Gasteiger partial charge in [-0.1, -0.05) is 12.1 Å². The molecule has 1 aliphatic heterocycles. The second kappa shape index (κ2) is 4.68. The molecule has 0 saturated heterocycles. The number of hydrogen-bond acceptors (Lipinski definition) is 2. The van der Waals surface area contributed by atoms with Crippen molar-refractivity contribution in [1.82, 2.24) is 9.80 Å². The van der Waals surface area contributed by atoms with Gasteiger partial charge in [-0.2, -0.15) is 0 Å². The number of amides is 2. The number of carboxylic acids is 1. The van der Waals surface area contributed by atoms with E-state index in [1.807, 2.05) is 6.07 Å². The smallest absolute Gasteiger partial charge is 0.335 e. The van der Waals surface area contributed by atoms with E-state index in [2.05, 4.69) is 0 Å². The van der Waals surface area contributed by atoms with Gasteiger partial charge in [-0.25, -0.2) is 9.59 Å². The Morgan fingerprint density at radius 3 is 2.67 bits per heavy atom. The van der Waals surface area contributed by atoms with Crippen molar-refractivity contribution in [2.75, 3.05) is 20.6 Å². The van der Waals surface area contributed by atoms with Crippen LogP contribution in [0.1, 0.15) is 21.5 Å². The van der Waals surface area contributed by atoms with Crippen molar-refractivity contribution < 1.29 is 14.7 Å². The minimum absolute atomic E-state index is 0.0404. The molecule has 0 fully saturated rings. The summed E-state index contributed by atoms with van der Waals surface area (Å²) in [5.41, 5.74) is 2.13. The van der Waals surface area contributed by atoms with Crippen molar-refractivity contribution in [3.05, 3.63) is 34.9 Å². The number of rotatable bonds is 1. The van der Waals surface area contributed by atoms with Crippen molar-refractivity contribution in [1.29, 1.82) is 0 Å². The zero-order valence-electron chi connectivity index (χ0n) is 10.5. The Morgan fingerprint density at radius 2 is 2.06 bits per heavy atom. The Balaban J connectivity index is 2.28. The van der Waals surface area contributed by atoms with Gasteiger partial charge in [0.2, 0.25) is 0 Å². The Morgan fingerprint density at radius 1 is 1.33 bits per heavy atom. The van der Waals surface area contributed by atoms with E-state index in [0.717, 1.165) is 11.1 Å². The monoisotopic (exact) mass is 248 g/mol. The fourth-order valence-electron chi connectivity index (χ4n) is 2.26. The highest BCUT2D eigenvalue weighted by atomic mass is 16.4. The highest BCUT2D eigenvalue weighted by Gasteiger charge is 2.24. The minimum Gasteiger partial charge on any atom is -0.478 e. The highest BCUT2D eigenvalue weighted by molar-refractivity contribution is 5.90. The van der Waals surface area contributed by atoms with Crippen LogP contribution in [0.25, 0.3) is 0 Å². The molecule has 1 aliphatic rings. The third-order valence-corrected chi connectivity index (χ3v) is 3.15. The standard InChI is InChI=1S/C13H16N2O3/c1-14(2)13(18)15-7-6-10-9(8-15)4-3-5-11(10)12(16)17/h3-5H,6-8H2,1-2H3,(H,16,17). The lowest BCUT2D eigenvalue weighted by atomic mass is 9.94. The van der Waals surface area contributed by atoms with E-state index >= 15 is 0 Å². The molecule has 96 valence electrons. The van der Waals surface area contributed by atoms with E-state index in [1.54, 1.807) is 31.1 Å². The lowest BCUT2D eigenvalue weighted by molar-refractivity contribution is 0.0695. The number of hydrogen-bond donors (Lipinski definition) is 1. The number of carbonyl (C=O) groups is 2. The summed E-state index contributed by atoms with van der Waals surface area (Å²) in [7, 11) is 3.43. The van der Waals surface area contributed by atoms with E-state index in [4.69, 9.17) is 5.11 Å². The average Bonchev–Trinajstić information content (AvgIpc) is 2.36. The first kappa shape index (κ1) is 12.4. The third-order valence-electron chi connectivity index (χ3n) is 3.15. The van der Waals surface area contributed by atoms with Crippen molar-refractivity contribution in [2.45, 2.75) is 13.0 Å². The average molecular weight is 248 g/mol. The molecule has 0 radical (unpaired) electrons. The highest BCUT2D eigenvalue weighted by Crippen LogP contribution is 2.23. The quantitative estimate of drug-likeness (QED) is 0.817. The summed E-state index contributed by atoms with van der Waals surface area (Å²) in [4.78, 5) is 26.2. The normalized spacial score (nSPS) is 14.0. The molecule has 1 heterocycles. The van der Waals surface area contributed by atoms with Gasteiger partial charge in [0.05, 0.1) is 5.56 Å². The molecular formula is C13H16N2O3. The van der Waals surface area contributed by atoms with Crippen molar-refractivity contribution in [3.8, 4) is 0 Å². The molecule has 2 amide bonds. The van der Waals surface area contributed by atoms with Gasteiger partial charge in [0, 0.05) is 27.2 Å². The number of benzene rings is 1. The van der Waals surface area contributed by atoms with Crippen LogP contribution in [-0.4, -0.2) is 47.5 Å². The predicted octanol–water partition coefficient (Wildman–Crippen LogP) is 1.42. The molecule has 1 aromatic carbocycles. The first-order valence-corrected chi connectivity index (χ1v) is 5.81. The first-order chi connectivity index (χ1) is 8.50. The maximum absolute atomic E-state index is 11.9. The zero-order valence-corrected chi connectivity index (χ0v) is 10.5. The van der Waals surface area contributed by atoms with Gasteiger partial charge in [-0.05, 0) is 23.6 Å². The molecule has 0 aromatic heterocycles. The topological polar surface area (TPSA) is 60.9 Å². The number of aromatic carboxylic acids is 1. The largest absolute Gasteiger partial charge is 0.478 e. The SMILES string of the molecule is CN(C)C(=O)N1CCc2c(cccc2C(=O)O)C1. The number of fused-ring (bicyclic) bond motifs is 1. The molecule has 2 rings (SSSR count). The van der Waals surface area contributed by atoms with E-state index < -0.39 is 5.97 Å². The molecule has 1 aromatic rings. The molecule has 1 N–H and O–H groups in total. The van der Waals surface area contributed by atoms with Crippen LogP contribution in [0.5, 0.6) is 0 Å². The van der Waals surface area contributed by atoms with Gasteiger partial charge in [0.25, 0.3) is 0 Å². The predicted molar refractivity (Wildman–Crippen MR) is 66.6 cm³/mol. The van der Waals surface area contributed by atoms with Crippen LogP contribution in [0.2, 0.25) is 0 Å². The Bertz CT molecular complexity index is 497. The van der Waals surface area contributed by atoms with Gasteiger partial charge in [0.1, 0.15) is 0 Å². The summed E-state index contributed by atoms with van der Waals surface area (Å²) in [6.07, 6.45) is 0.595. The van der Waals surface area contributed by atoms with E-state index in [-0.39, 0.29) is 6.03 Å². The maximum Gasteiger partial charge on any atom is 0.335 e. The summed E-state index contributed by atoms with van der Waals surface area (Å²) in [5.74, 6) is -0.903. The summed E-state index contributed by atoms with van der Waals surface area (Å²) in [5, 5.41) is 9.12. The van der Waals surface area contributed by atoms with Gasteiger partial charge in [0.15, 0.2) is 0 Å². The third kappa shape index (κ3) is 2.16. The Hall–Kier alpha value is -2.04. The fourth-order valence-corrected chi connectivity index (χ4v) is 2.26. The molecule has 0 saturated carbocycles. The molecule has 0 atom stereocenters. The van der Waals surface area contributed by atoms with Gasteiger partial charge in [-0.15, -0.1) is 0 Å². The number of carbonyl (C=O) groups excluding carboxylic acids is 1. The van der Waals surface area contributed by atoms with Crippen LogP contribution in [0.15, 0.2) is 18.2 Å². The Labute approximate surface area is 106 Å². The van der Waals surface area contributed by atoms with E-state index in [0.29, 0.717) is 25.1 Å². The van der Waals surface area contributed by atoms with Crippen LogP contribution < -0.4 is 0 Å². The Kier molecular flexibility index (Phi) is 3.23. The van der Waals surface area contributed by atoms with Crippen LogP contribution in [-0.2, 0) is 13.0 Å². The second-order valence-electron chi connectivity index (χ2n) is 4.60. The van der Waals surface area contributed by atoms with E-state index in [1.165, 1.54) is 4.90 Å². The number of urea groups is 1. The summed E-state index contributed by atoms with van der Waals surface area (Å²) in [6, 6.07) is 5.19. The van der Waals surface area contributed by atoms with Crippen molar-refractivity contribution in [2.24, 2.45) is 0 Å². The molecule has 18 heavy (non-hydrogen) atoms. The minimum atomic E-state index is -0.903. The number of nitrogens with zero attached hydrogens (tertiary/aromatic N) is 2. The van der Waals surface area contributed by atoms with Crippen molar-refractivity contribution in [3.63, 3.8) is 0 Å². The number of carboxylic acid groups (broad SMARTS) is 1. The van der Waals surface area contributed by atoms with Gasteiger partial charge >= 0.3 is 12.0 Å². The van der Waals surface area contributed by atoms with Gasteiger partial charge in [-0.3, -0.25) is 0 Å². The lowest BCUT2D eigenvalue weighted by Gasteiger charge is -2.31. The van der Waals surface area contributed by atoms with Crippen LogP contribution >= 0.6 is 0 Å². The van der Waals surface area contributed by atoms with Crippen LogP contribution in [0.4, 0.5) is 4.79 Å². The fraction of sp³-hybridized carbons (Fsp3) is 0.385. The molecule has 0 spiro atoms. The van der Waals surface area contributed by atoms with Crippen LogP contribution in [0.3, 0.4) is 0 Å². The molecule has 0 bridgehead atoms. The molecular weight excluding hydrogens is 232 g/mol.